The summed E-state index contributed by atoms with van der Waals surface area (Å²) in [5.74, 6) is 0. The van der Waals surface area contributed by atoms with Gasteiger partial charge in [-0.15, -0.1) is 0 Å². The first kappa shape index (κ1) is 16.3. The highest BCUT2D eigenvalue weighted by atomic mass is 19.4. The van der Waals surface area contributed by atoms with Crippen molar-refractivity contribution in [1.82, 2.24) is 4.98 Å². The van der Waals surface area contributed by atoms with Gasteiger partial charge in [-0.3, -0.25) is 10.3 Å². The number of hydrogen-bond acceptors (Lipinski definition) is 3. The second-order valence-corrected chi connectivity index (χ2v) is 5.40. The van der Waals surface area contributed by atoms with Gasteiger partial charge in [0, 0.05) is 5.69 Å². The number of halogens is 3. The monoisotopic (exact) mass is 290 g/mol. The molecular formula is C13H17F3N2O2. The summed E-state index contributed by atoms with van der Waals surface area (Å²) in [6.45, 7) is 7.72. The maximum atomic E-state index is 13.0. The van der Waals surface area contributed by atoms with E-state index in [9.17, 15) is 18.0 Å². The van der Waals surface area contributed by atoms with Crippen LogP contribution in [0.4, 0.5) is 23.7 Å². The lowest BCUT2D eigenvalue weighted by molar-refractivity contribution is -0.137. The average Bonchev–Trinajstić information content (AvgIpc) is 2.17. The molecule has 0 aromatic carbocycles. The van der Waals surface area contributed by atoms with Crippen molar-refractivity contribution >= 4 is 11.8 Å². The lowest BCUT2D eigenvalue weighted by Crippen LogP contribution is -2.28. The first-order chi connectivity index (χ1) is 8.90. The Balaban J connectivity index is 3.15. The highest BCUT2D eigenvalue weighted by Crippen LogP contribution is 2.36. The van der Waals surface area contributed by atoms with E-state index in [-0.39, 0.29) is 17.1 Å². The third-order valence-corrected chi connectivity index (χ3v) is 2.26. The minimum atomic E-state index is -4.58. The number of ether oxygens (including phenoxy) is 1. The third kappa shape index (κ3) is 4.40. The predicted octanol–water partition coefficient (Wildman–Crippen LogP) is 4.06. The van der Waals surface area contributed by atoms with Crippen molar-refractivity contribution in [2.75, 3.05) is 5.32 Å². The normalized spacial score (nSPS) is 12.2. The number of carbonyl (C=O) groups is 1. The zero-order valence-corrected chi connectivity index (χ0v) is 12.0. The van der Waals surface area contributed by atoms with Crippen molar-refractivity contribution < 1.29 is 22.7 Å². The van der Waals surface area contributed by atoms with Crippen LogP contribution in [0.15, 0.2) is 6.07 Å². The number of hydrogen-bond donors (Lipinski definition) is 1. The number of anilines is 1. The number of nitrogens with zero attached hydrogens (tertiary/aromatic N) is 1. The molecule has 0 atom stereocenters. The summed E-state index contributed by atoms with van der Waals surface area (Å²) >= 11 is 0. The van der Waals surface area contributed by atoms with E-state index in [1.807, 2.05) is 0 Å². The number of amides is 1. The fourth-order valence-corrected chi connectivity index (χ4v) is 1.62. The summed E-state index contributed by atoms with van der Waals surface area (Å²) in [7, 11) is 0. The zero-order chi connectivity index (χ0) is 15.7. The van der Waals surface area contributed by atoms with Crippen molar-refractivity contribution in [3.63, 3.8) is 0 Å². The first-order valence-electron chi connectivity index (χ1n) is 5.95. The van der Waals surface area contributed by atoms with Crippen LogP contribution in [0.25, 0.3) is 0 Å². The Bertz CT molecular complexity index is 520. The molecular weight excluding hydrogens is 273 g/mol. The fraction of sp³-hybridized carbons (Fsp3) is 0.538. The molecule has 0 aliphatic rings. The molecule has 1 aromatic heterocycles. The van der Waals surface area contributed by atoms with Gasteiger partial charge >= 0.3 is 12.3 Å². The van der Waals surface area contributed by atoms with Crippen LogP contribution in [-0.2, 0) is 10.9 Å². The molecule has 1 heterocycles. The van der Waals surface area contributed by atoms with Gasteiger partial charge in [0.2, 0.25) is 0 Å². The topological polar surface area (TPSA) is 51.2 Å². The largest absolute Gasteiger partial charge is 0.444 e. The smallest absolute Gasteiger partial charge is 0.418 e. The van der Waals surface area contributed by atoms with Crippen molar-refractivity contribution in [2.24, 2.45) is 0 Å². The number of aryl methyl sites for hydroxylation is 2. The Morgan fingerprint density at radius 2 is 1.80 bits per heavy atom. The number of aromatic nitrogens is 1. The van der Waals surface area contributed by atoms with E-state index in [2.05, 4.69) is 10.3 Å². The van der Waals surface area contributed by atoms with Gasteiger partial charge in [0.15, 0.2) is 0 Å². The maximum absolute atomic E-state index is 13.0. The molecule has 0 aliphatic heterocycles. The molecule has 0 saturated heterocycles. The van der Waals surface area contributed by atoms with Crippen LogP contribution < -0.4 is 5.32 Å². The molecule has 112 valence electrons. The van der Waals surface area contributed by atoms with Crippen LogP contribution in [0.1, 0.15) is 37.7 Å². The van der Waals surface area contributed by atoms with Crippen LogP contribution in [0.5, 0.6) is 0 Å². The molecule has 0 unspecified atom stereocenters. The van der Waals surface area contributed by atoms with Gasteiger partial charge in [0.05, 0.1) is 16.9 Å². The van der Waals surface area contributed by atoms with Crippen molar-refractivity contribution in [3.8, 4) is 0 Å². The van der Waals surface area contributed by atoms with E-state index in [0.717, 1.165) is 6.07 Å². The number of alkyl halides is 3. The maximum Gasteiger partial charge on any atom is 0.418 e. The van der Waals surface area contributed by atoms with Gasteiger partial charge in [0.25, 0.3) is 0 Å². The summed E-state index contributed by atoms with van der Waals surface area (Å²) in [5, 5.41) is 2.13. The second-order valence-electron chi connectivity index (χ2n) is 5.40. The van der Waals surface area contributed by atoms with Gasteiger partial charge in [-0.2, -0.15) is 13.2 Å². The Kier molecular flexibility index (Phi) is 4.31. The third-order valence-electron chi connectivity index (χ3n) is 2.26. The summed E-state index contributed by atoms with van der Waals surface area (Å²) in [4.78, 5) is 15.5. The van der Waals surface area contributed by atoms with E-state index >= 15 is 0 Å². The standard InChI is InChI=1S/C13H17F3N2O2/c1-7-6-9(13(14,15)16)10(8(2)17-7)18-11(19)20-12(3,4)5/h6H,1-5H3,(H,18,19). The molecule has 0 aliphatic carbocycles. The first-order valence-corrected chi connectivity index (χ1v) is 5.95. The molecule has 0 fully saturated rings. The highest BCUT2D eigenvalue weighted by Gasteiger charge is 2.35. The highest BCUT2D eigenvalue weighted by molar-refractivity contribution is 5.87. The molecule has 0 spiro atoms. The molecule has 0 radical (unpaired) electrons. The number of carbonyl (C=O) groups excluding carboxylic acids is 1. The Morgan fingerprint density at radius 3 is 2.25 bits per heavy atom. The molecule has 1 aromatic rings. The number of nitrogens with one attached hydrogen (secondary N) is 1. The SMILES string of the molecule is Cc1cc(C(F)(F)F)c(NC(=O)OC(C)(C)C)c(C)n1. The van der Waals surface area contributed by atoms with Crippen molar-refractivity contribution in [3.05, 3.63) is 23.0 Å². The average molecular weight is 290 g/mol. The van der Waals surface area contributed by atoms with Crippen LogP contribution in [-0.4, -0.2) is 16.7 Å². The van der Waals surface area contributed by atoms with Gasteiger partial charge < -0.3 is 4.74 Å². The Hall–Kier alpha value is -1.79. The van der Waals surface area contributed by atoms with Crippen molar-refractivity contribution in [1.29, 1.82) is 0 Å². The Morgan fingerprint density at radius 1 is 1.25 bits per heavy atom. The van der Waals surface area contributed by atoms with Gasteiger partial charge in [-0.1, -0.05) is 0 Å². The molecule has 1 N–H and O–H groups in total. The van der Waals surface area contributed by atoms with E-state index in [1.54, 1.807) is 20.8 Å². The molecule has 1 amide bonds. The van der Waals surface area contributed by atoms with Crippen LogP contribution in [0.3, 0.4) is 0 Å². The molecule has 0 bridgehead atoms. The summed E-state index contributed by atoms with van der Waals surface area (Å²) in [5.41, 5.74) is -1.80. The molecule has 1 rings (SSSR count). The summed E-state index contributed by atoms with van der Waals surface area (Å²) < 4.78 is 43.9. The lowest BCUT2D eigenvalue weighted by atomic mass is 10.1. The van der Waals surface area contributed by atoms with Crippen LogP contribution >= 0.6 is 0 Å². The van der Waals surface area contributed by atoms with Gasteiger partial charge in [-0.25, -0.2) is 4.79 Å². The van der Waals surface area contributed by atoms with E-state index in [1.165, 1.54) is 13.8 Å². The molecule has 0 saturated carbocycles. The minimum Gasteiger partial charge on any atom is -0.444 e. The predicted molar refractivity (Wildman–Crippen MR) is 68.6 cm³/mol. The van der Waals surface area contributed by atoms with Crippen molar-refractivity contribution in [2.45, 2.75) is 46.4 Å². The minimum absolute atomic E-state index is 0.0863. The molecule has 4 nitrogen and oxygen atoms in total. The zero-order valence-electron chi connectivity index (χ0n) is 12.0. The van der Waals surface area contributed by atoms with Crippen LogP contribution in [0.2, 0.25) is 0 Å². The van der Waals surface area contributed by atoms with Gasteiger partial charge in [-0.05, 0) is 40.7 Å². The molecule has 7 heteroatoms. The summed E-state index contributed by atoms with van der Waals surface area (Å²) in [6.07, 6.45) is -5.53. The van der Waals surface area contributed by atoms with E-state index < -0.39 is 23.4 Å². The van der Waals surface area contributed by atoms with Crippen LogP contribution in [0, 0.1) is 13.8 Å². The van der Waals surface area contributed by atoms with E-state index in [0.29, 0.717) is 0 Å². The second kappa shape index (κ2) is 5.30. The molecule has 20 heavy (non-hydrogen) atoms. The van der Waals surface area contributed by atoms with Gasteiger partial charge in [0.1, 0.15) is 5.60 Å². The van der Waals surface area contributed by atoms with E-state index in [4.69, 9.17) is 4.74 Å². The number of pyridine rings is 1. The fourth-order valence-electron chi connectivity index (χ4n) is 1.62. The summed E-state index contributed by atoms with van der Waals surface area (Å²) in [6, 6.07) is 0.889. The number of rotatable bonds is 1. The quantitative estimate of drug-likeness (QED) is 0.848. The lowest BCUT2D eigenvalue weighted by Gasteiger charge is -2.21. The Labute approximate surface area is 115 Å².